The molecule has 1 aliphatic heterocycles. The number of hydrogen-bond donors (Lipinski definition) is 0. The zero-order valence-corrected chi connectivity index (χ0v) is 17.8. The van der Waals surface area contributed by atoms with Crippen molar-refractivity contribution >= 4 is 33.5 Å². The molecule has 0 saturated carbocycles. The van der Waals surface area contributed by atoms with Crippen LogP contribution in [0.4, 0.5) is 0 Å². The first-order chi connectivity index (χ1) is 12.1. The summed E-state index contributed by atoms with van der Waals surface area (Å²) in [5.41, 5.74) is 0. The molecule has 1 amide bonds. The van der Waals surface area contributed by atoms with Gasteiger partial charge in [-0.3, -0.25) is 4.79 Å². The van der Waals surface area contributed by atoms with Crippen LogP contribution in [0.2, 0.25) is 0 Å². The highest BCUT2D eigenvalue weighted by molar-refractivity contribution is 8.76. The van der Waals surface area contributed by atoms with Gasteiger partial charge in [0.15, 0.2) is 0 Å². The zero-order chi connectivity index (χ0) is 18.5. The lowest BCUT2D eigenvalue weighted by molar-refractivity contribution is -0.153. The number of nitrogens with zero attached hydrogens (tertiary/aromatic N) is 1. The highest BCUT2D eigenvalue weighted by Gasteiger charge is 2.36. The van der Waals surface area contributed by atoms with Crippen molar-refractivity contribution in [2.75, 3.05) is 24.7 Å². The average Bonchev–Trinajstić information content (AvgIpc) is 3.09. The standard InChI is InChI=1S/C19H35NO3S2/c1-4-6-7-8-9-10-14-24-25-15-16(3)18(21)20-13-11-12-17(20)19(22)23-5-2/h16-17H,4-15H2,1-3H3/t16-,17+/m1/s1. The van der Waals surface area contributed by atoms with Crippen LogP contribution in [-0.2, 0) is 14.3 Å². The third kappa shape index (κ3) is 8.72. The van der Waals surface area contributed by atoms with Crippen LogP contribution in [-0.4, -0.2) is 47.5 Å². The van der Waals surface area contributed by atoms with Gasteiger partial charge in [-0.25, -0.2) is 4.79 Å². The third-order valence-electron chi connectivity index (χ3n) is 4.50. The first-order valence-corrected chi connectivity index (χ1v) is 12.3. The summed E-state index contributed by atoms with van der Waals surface area (Å²) in [6, 6.07) is -0.365. The molecule has 0 unspecified atom stereocenters. The summed E-state index contributed by atoms with van der Waals surface area (Å²) in [7, 11) is 3.66. The minimum Gasteiger partial charge on any atom is -0.464 e. The van der Waals surface area contributed by atoms with Crippen LogP contribution in [0.5, 0.6) is 0 Å². The Morgan fingerprint density at radius 2 is 1.84 bits per heavy atom. The Bertz CT molecular complexity index is 393. The molecule has 0 aliphatic carbocycles. The van der Waals surface area contributed by atoms with Crippen molar-refractivity contribution in [3.8, 4) is 0 Å². The number of carbonyl (C=O) groups is 2. The van der Waals surface area contributed by atoms with Crippen molar-refractivity contribution in [2.45, 2.75) is 78.2 Å². The molecule has 146 valence electrons. The summed E-state index contributed by atoms with van der Waals surface area (Å²) in [6.07, 6.45) is 9.56. The van der Waals surface area contributed by atoms with Gasteiger partial charge in [0.1, 0.15) is 6.04 Å². The SMILES string of the molecule is CCCCCCCCSSC[C@@H](C)C(=O)N1CCC[C@H]1C(=O)OCC. The first kappa shape index (κ1) is 22.7. The third-order valence-corrected chi connectivity index (χ3v) is 7.17. The Labute approximate surface area is 161 Å². The minimum absolute atomic E-state index is 0.0444. The van der Waals surface area contributed by atoms with Crippen LogP contribution in [0, 0.1) is 5.92 Å². The van der Waals surface area contributed by atoms with Crippen LogP contribution in [0.25, 0.3) is 0 Å². The number of ether oxygens (including phenoxy) is 1. The monoisotopic (exact) mass is 389 g/mol. The lowest BCUT2D eigenvalue weighted by Crippen LogP contribution is -2.44. The van der Waals surface area contributed by atoms with Gasteiger partial charge in [-0.15, -0.1) is 0 Å². The van der Waals surface area contributed by atoms with Gasteiger partial charge >= 0.3 is 5.97 Å². The number of rotatable bonds is 13. The van der Waals surface area contributed by atoms with Gasteiger partial charge in [0.2, 0.25) is 5.91 Å². The van der Waals surface area contributed by atoms with Crippen molar-refractivity contribution in [1.82, 2.24) is 4.90 Å². The van der Waals surface area contributed by atoms with E-state index in [0.717, 1.165) is 24.3 Å². The second-order valence-electron chi connectivity index (χ2n) is 6.72. The molecule has 0 N–H and O–H groups in total. The maximum atomic E-state index is 12.6. The fraction of sp³-hybridized carbons (Fsp3) is 0.895. The quantitative estimate of drug-likeness (QED) is 0.254. The van der Waals surface area contributed by atoms with E-state index >= 15 is 0 Å². The topological polar surface area (TPSA) is 46.6 Å². The summed E-state index contributed by atoms with van der Waals surface area (Å²) in [5.74, 6) is 1.78. The number of unbranched alkanes of at least 4 members (excludes halogenated alkanes) is 5. The molecular weight excluding hydrogens is 354 g/mol. The van der Waals surface area contributed by atoms with E-state index in [2.05, 4.69) is 6.92 Å². The van der Waals surface area contributed by atoms with E-state index in [4.69, 9.17) is 4.74 Å². The largest absolute Gasteiger partial charge is 0.464 e. The van der Waals surface area contributed by atoms with Crippen LogP contribution in [0.1, 0.15) is 72.1 Å². The molecule has 1 saturated heterocycles. The van der Waals surface area contributed by atoms with Crippen molar-refractivity contribution in [1.29, 1.82) is 0 Å². The van der Waals surface area contributed by atoms with Gasteiger partial charge in [0, 0.05) is 24.0 Å². The number of hydrogen-bond acceptors (Lipinski definition) is 5. The number of esters is 1. The van der Waals surface area contributed by atoms with Crippen molar-refractivity contribution < 1.29 is 14.3 Å². The van der Waals surface area contributed by atoms with Gasteiger partial charge in [-0.1, -0.05) is 67.5 Å². The Kier molecular flexibility index (Phi) is 12.5. The smallest absolute Gasteiger partial charge is 0.328 e. The molecule has 0 radical (unpaired) electrons. The number of amides is 1. The molecule has 0 aromatic heterocycles. The summed E-state index contributed by atoms with van der Waals surface area (Å²) in [4.78, 5) is 26.3. The second-order valence-corrected chi connectivity index (χ2v) is 9.34. The van der Waals surface area contributed by atoms with Crippen LogP contribution in [0.3, 0.4) is 0 Å². The maximum absolute atomic E-state index is 12.6. The molecule has 0 spiro atoms. The average molecular weight is 390 g/mol. The van der Waals surface area contributed by atoms with Crippen molar-refractivity contribution in [3.63, 3.8) is 0 Å². The van der Waals surface area contributed by atoms with E-state index in [1.165, 1.54) is 38.5 Å². The second kappa shape index (κ2) is 13.8. The van der Waals surface area contributed by atoms with Gasteiger partial charge in [-0.05, 0) is 26.2 Å². The van der Waals surface area contributed by atoms with Gasteiger partial charge in [0.25, 0.3) is 0 Å². The molecule has 25 heavy (non-hydrogen) atoms. The lowest BCUT2D eigenvalue weighted by atomic mass is 10.1. The van der Waals surface area contributed by atoms with Crippen LogP contribution >= 0.6 is 21.6 Å². The van der Waals surface area contributed by atoms with E-state index < -0.39 is 0 Å². The van der Waals surface area contributed by atoms with Crippen LogP contribution < -0.4 is 0 Å². The predicted molar refractivity (Wildman–Crippen MR) is 109 cm³/mol. The summed E-state index contributed by atoms with van der Waals surface area (Å²) in [5, 5.41) is 0. The van der Waals surface area contributed by atoms with E-state index in [1.807, 2.05) is 17.7 Å². The van der Waals surface area contributed by atoms with E-state index in [9.17, 15) is 9.59 Å². The molecule has 4 nitrogen and oxygen atoms in total. The normalized spacial score (nSPS) is 18.4. The van der Waals surface area contributed by atoms with E-state index in [-0.39, 0.29) is 23.8 Å². The molecule has 1 rings (SSSR count). The van der Waals surface area contributed by atoms with Crippen LogP contribution in [0.15, 0.2) is 0 Å². The Hall–Kier alpha value is -0.360. The fourth-order valence-electron chi connectivity index (χ4n) is 3.02. The van der Waals surface area contributed by atoms with Gasteiger partial charge in [0.05, 0.1) is 6.61 Å². The van der Waals surface area contributed by atoms with Gasteiger partial charge < -0.3 is 9.64 Å². The summed E-state index contributed by atoms with van der Waals surface area (Å²) in [6.45, 7) is 7.08. The lowest BCUT2D eigenvalue weighted by Gasteiger charge is -2.25. The van der Waals surface area contributed by atoms with Crippen molar-refractivity contribution in [2.24, 2.45) is 5.92 Å². The summed E-state index contributed by atoms with van der Waals surface area (Å²) >= 11 is 0. The van der Waals surface area contributed by atoms with Gasteiger partial charge in [-0.2, -0.15) is 0 Å². The zero-order valence-electron chi connectivity index (χ0n) is 16.1. The fourth-order valence-corrected chi connectivity index (χ4v) is 5.51. The molecular formula is C19H35NO3S2. The highest BCUT2D eigenvalue weighted by Crippen LogP contribution is 2.28. The number of carbonyl (C=O) groups excluding carboxylic acids is 2. The minimum atomic E-state index is -0.365. The van der Waals surface area contributed by atoms with E-state index in [0.29, 0.717) is 13.2 Å². The van der Waals surface area contributed by atoms with Crippen molar-refractivity contribution in [3.05, 3.63) is 0 Å². The Morgan fingerprint density at radius 1 is 1.12 bits per heavy atom. The van der Waals surface area contributed by atoms with E-state index in [1.54, 1.807) is 22.6 Å². The molecule has 0 aromatic carbocycles. The molecule has 1 heterocycles. The summed E-state index contributed by atoms with van der Waals surface area (Å²) < 4.78 is 5.10. The molecule has 1 fully saturated rings. The predicted octanol–water partition coefficient (Wildman–Crippen LogP) is 4.92. The Balaban J connectivity index is 2.18. The molecule has 1 aliphatic rings. The molecule has 6 heteroatoms. The Morgan fingerprint density at radius 3 is 2.56 bits per heavy atom. The maximum Gasteiger partial charge on any atom is 0.328 e. The molecule has 0 aromatic rings. The first-order valence-electron chi connectivity index (χ1n) is 9.83. The molecule has 2 atom stereocenters. The number of likely N-dealkylation sites (tertiary alicyclic amines) is 1. The highest BCUT2D eigenvalue weighted by atomic mass is 33.1. The molecule has 0 bridgehead atoms.